The van der Waals surface area contributed by atoms with E-state index in [1.807, 2.05) is 25.1 Å². The standard InChI is InChI=1S/C13H12O2/c1-10-5-6-13-11(8-10)9-12(15-13)4-2-3-7-14/h5-6,8-9,14H,3,7H2,1H3. The van der Waals surface area contributed by atoms with Gasteiger partial charge in [0.2, 0.25) is 0 Å². The molecule has 0 aliphatic rings. The first kappa shape index (κ1) is 9.82. The van der Waals surface area contributed by atoms with Crippen molar-refractivity contribution in [3.8, 4) is 11.8 Å². The number of rotatable bonds is 1. The maximum atomic E-state index is 8.59. The highest BCUT2D eigenvalue weighted by atomic mass is 16.3. The van der Waals surface area contributed by atoms with Crippen molar-refractivity contribution in [2.75, 3.05) is 6.61 Å². The molecule has 1 N–H and O–H groups in total. The molecule has 0 amide bonds. The minimum absolute atomic E-state index is 0.0896. The van der Waals surface area contributed by atoms with E-state index >= 15 is 0 Å². The van der Waals surface area contributed by atoms with Gasteiger partial charge < -0.3 is 9.52 Å². The lowest BCUT2D eigenvalue weighted by Crippen LogP contribution is -1.75. The lowest BCUT2D eigenvalue weighted by atomic mass is 10.2. The molecular formula is C13H12O2. The molecule has 2 nitrogen and oxygen atoms in total. The summed E-state index contributed by atoms with van der Waals surface area (Å²) < 4.78 is 5.51. The fourth-order valence-corrected chi connectivity index (χ4v) is 1.43. The van der Waals surface area contributed by atoms with E-state index in [1.54, 1.807) is 0 Å². The predicted molar refractivity (Wildman–Crippen MR) is 59.5 cm³/mol. The summed E-state index contributed by atoms with van der Waals surface area (Å²) in [7, 11) is 0. The Morgan fingerprint density at radius 1 is 1.33 bits per heavy atom. The molecule has 0 spiro atoms. The third-order valence-electron chi connectivity index (χ3n) is 2.12. The monoisotopic (exact) mass is 200 g/mol. The van der Waals surface area contributed by atoms with E-state index in [4.69, 9.17) is 9.52 Å². The van der Waals surface area contributed by atoms with Gasteiger partial charge in [0.15, 0.2) is 5.76 Å². The van der Waals surface area contributed by atoms with E-state index in [-0.39, 0.29) is 6.61 Å². The van der Waals surface area contributed by atoms with Crippen LogP contribution in [0.25, 0.3) is 11.0 Å². The second-order valence-electron chi connectivity index (χ2n) is 3.43. The molecule has 2 aromatic rings. The maximum Gasteiger partial charge on any atom is 0.178 e. The van der Waals surface area contributed by atoms with Crippen molar-refractivity contribution in [1.29, 1.82) is 0 Å². The second-order valence-corrected chi connectivity index (χ2v) is 3.43. The Morgan fingerprint density at radius 3 is 3.00 bits per heavy atom. The topological polar surface area (TPSA) is 33.4 Å². The van der Waals surface area contributed by atoms with Gasteiger partial charge in [-0.05, 0) is 25.0 Å². The maximum absolute atomic E-state index is 8.59. The Morgan fingerprint density at radius 2 is 2.20 bits per heavy atom. The van der Waals surface area contributed by atoms with Gasteiger partial charge >= 0.3 is 0 Å². The first-order chi connectivity index (χ1) is 7.29. The van der Waals surface area contributed by atoms with E-state index in [0.717, 1.165) is 11.0 Å². The predicted octanol–water partition coefficient (Wildman–Crippen LogP) is 2.48. The second kappa shape index (κ2) is 4.20. The highest BCUT2D eigenvalue weighted by molar-refractivity contribution is 5.79. The summed E-state index contributed by atoms with van der Waals surface area (Å²) in [5, 5.41) is 9.66. The molecule has 76 valence electrons. The van der Waals surface area contributed by atoms with Crippen molar-refractivity contribution in [2.24, 2.45) is 0 Å². The quantitative estimate of drug-likeness (QED) is 0.717. The minimum atomic E-state index is 0.0896. The van der Waals surface area contributed by atoms with Crippen LogP contribution in [0, 0.1) is 18.8 Å². The van der Waals surface area contributed by atoms with Crippen LogP contribution in [-0.2, 0) is 0 Å². The average molecular weight is 200 g/mol. The van der Waals surface area contributed by atoms with Crippen LogP contribution < -0.4 is 0 Å². The number of benzene rings is 1. The van der Waals surface area contributed by atoms with Crippen LogP contribution in [0.5, 0.6) is 0 Å². The van der Waals surface area contributed by atoms with Crippen molar-refractivity contribution in [1.82, 2.24) is 0 Å². The lowest BCUT2D eigenvalue weighted by molar-refractivity contribution is 0.305. The SMILES string of the molecule is Cc1ccc2oc(C#CCCO)cc2c1. The van der Waals surface area contributed by atoms with Gasteiger partial charge in [0, 0.05) is 17.9 Å². The van der Waals surface area contributed by atoms with Gasteiger partial charge in [-0.25, -0.2) is 0 Å². The Labute approximate surface area is 88.5 Å². The van der Waals surface area contributed by atoms with Crippen LogP contribution in [0.3, 0.4) is 0 Å². The number of furan rings is 1. The normalized spacial score (nSPS) is 10.0. The smallest absolute Gasteiger partial charge is 0.178 e. The van der Waals surface area contributed by atoms with Crippen molar-refractivity contribution in [3.05, 3.63) is 35.6 Å². The van der Waals surface area contributed by atoms with E-state index in [9.17, 15) is 0 Å². The van der Waals surface area contributed by atoms with Gasteiger partial charge in [-0.2, -0.15) is 0 Å². The van der Waals surface area contributed by atoms with Gasteiger partial charge in [-0.1, -0.05) is 17.6 Å². The van der Waals surface area contributed by atoms with E-state index in [2.05, 4.69) is 17.9 Å². The minimum Gasteiger partial charge on any atom is -0.448 e. The molecule has 1 aromatic heterocycles. The van der Waals surface area contributed by atoms with Crippen molar-refractivity contribution in [2.45, 2.75) is 13.3 Å². The Balaban J connectivity index is 2.36. The fraction of sp³-hybridized carbons (Fsp3) is 0.231. The summed E-state index contributed by atoms with van der Waals surface area (Å²) in [5.41, 5.74) is 2.06. The average Bonchev–Trinajstić information content (AvgIpc) is 2.60. The molecule has 0 saturated heterocycles. The molecule has 0 aliphatic carbocycles. The zero-order valence-corrected chi connectivity index (χ0v) is 8.58. The third-order valence-corrected chi connectivity index (χ3v) is 2.12. The summed E-state index contributed by atoms with van der Waals surface area (Å²) >= 11 is 0. The lowest BCUT2D eigenvalue weighted by Gasteiger charge is -1.89. The molecule has 0 aliphatic heterocycles. The Kier molecular flexibility index (Phi) is 2.75. The number of aryl methyl sites for hydroxylation is 1. The van der Waals surface area contributed by atoms with Gasteiger partial charge in [0.05, 0.1) is 6.61 Å². The van der Waals surface area contributed by atoms with E-state index in [1.165, 1.54) is 5.56 Å². The summed E-state index contributed by atoms with van der Waals surface area (Å²) in [4.78, 5) is 0. The molecular weight excluding hydrogens is 188 g/mol. The molecule has 0 atom stereocenters. The Bertz CT molecular complexity index is 526. The fourth-order valence-electron chi connectivity index (χ4n) is 1.43. The zero-order valence-electron chi connectivity index (χ0n) is 8.58. The first-order valence-corrected chi connectivity index (χ1v) is 4.89. The van der Waals surface area contributed by atoms with Gasteiger partial charge in [0.25, 0.3) is 0 Å². The number of aliphatic hydroxyl groups excluding tert-OH is 1. The molecule has 1 aromatic carbocycles. The van der Waals surface area contributed by atoms with Crippen molar-refractivity contribution in [3.63, 3.8) is 0 Å². The van der Waals surface area contributed by atoms with Gasteiger partial charge in [-0.15, -0.1) is 0 Å². The van der Waals surface area contributed by atoms with Gasteiger partial charge in [0.1, 0.15) is 5.58 Å². The molecule has 2 heteroatoms. The molecule has 2 rings (SSSR count). The van der Waals surface area contributed by atoms with Crippen LogP contribution in [0.1, 0.15) is 17.7 Å². The molecule has 0 radical (unpaired) electrons. The third kappa shape index (κ3) is 2.20. The summed E-state index contributed by atoms with van der Waals surface area (Å²) in [5.74, 6) is 6.37. The highest BCUT2D eigenvalue weighted by Gasteiger charge is 2.00. The van der Waals surface area contributed by atoms with Crippen molar-refractivity contribution < 1.29 is 9.52 Å². The molecule has 0 unspecified atom stereocenters. The Hall–Kier alpha value is -1.72. The van der Waals surface area contributed by atoms with E-state index < -0.39 is 0 Å². The van der Waals surface area contributed by atoms with Gasteiger partial charge in [-0.3, -0.25) is 0 Å². The zero-order chi connectivity index (χ0) is 10.7. The molecule has 0 fully saturated rings. The van der Waals surface area contributed by atoms with Crippen molar-refractivity contribution >= 4 is 11.0 Å². The van der Waals surface area contributed by atoms with Crippen LogP contribution >= 0.6 is 0 Å². The summed E-state index contributed by atoms with van der Waals surface area (Å²) in [6, 6.07) is 7.95. The number of hydrogen-bond acceptors (Lipinski definition) is 2. The van der Waals surface area contributed by atoms with Crippen LogP contribution in [0.15, 0.2) is 28.7 Å². The first-order valence-electron chi connectivity index (χ1n) is 4.89. The molecule has 0 saturated carbocycles. The largest absolute Gasteiger partial charge is 0.448 e. The molecule has 0 bridgehead atoms. The number of fused-ring (bicyclic) bond motifs is 1. The summed E-state index contributed by atoms with van der Waals surface area (Å²) in [6.45, 7) is 2.13. The highest BCUT2D eigenvalue weighted by Crippen LogP contribution is 2.19. The number of aliphatic hydroxyl groups is 1. The van der Waals surface area contributed by atoms with E-state index in [0.29, 0.717) is 12.2 Å². The summed E-state index contributed by atoms with van der Waals surface area (Å²) in [6.07, 6.45) is 0.482. The van der Waals surface area contributed by atoms with Crippen LogP contribution in [0.4, 0.5) is 0 Å². The molecule has 1 heterocycles. The van der Waals surface area contributed by atoms with Crippen LogP contribution in [0.2, 0.25) is 0 Å². The van der Waals surface area contributed by atoms with Crippen LogP contribution in [-0.4, -0.2) is 11.7 Å². The molecule has 15 heavy (non-hydrogen) atoms. The number of hydrogen-bond donors (Lipinski definition) is 1.